The molecule has 0 heterocycles. The molecule has 0 spiro atoms. The van der Waals surface area contributed by atoms with Gasteiger partial charge in [0.05, 0.1) is 11.3 Å². The third-order valence-corrected chi connectivity index (χ3v) is 6.29. The summed E-state index contributed by atoms with van der Waals surface area (Å²) >= 11 is 0. The molecule has 31 heavy (non-hydrogen) atoms. The highest BCUT2D eigenvalue weighted by Gasteiger charge is 2.29. The SMILES string of the molecule is O=C(Nc1cc2c(cc1C(=O)O)CCCC2)OCC1c2ccccc2-c2ccccc21. The summed E-state index contributed by atoms with van der Waals surface area (Å²) in [5.41, 5.74) is 7.16. The summed E-state index contributed by atoms with van der Waals surface area (Å²) in [7, 11) is 0. The lowest BCUT2D eigenvalue weighted by Crippen LogP contribution is -2.20. The number of carboxylic acid groups (broad SMARTS) is 1. The number of aryl methyl sites for hydroxylation is 2. The smallest absolute Gasteiger partial charge is 0.411 e. The molecule has 2 aliphatic carbocycles. The number of hydrogen-bond acceptors (Lipinski definition) is 3. The van der Waals surface area contributed by atoms with E-state index in [0.717, 1.165) is 59.1 Å². The first-order valence-corrected chi connectivity index (χ1v) is 10.6. The number of aromatic carboxylic acids is 1. The number of fused-ring (bicyclic) bond motifs is 4. The average Bonchev–Trinajstić information content (AvgIpc) is 3.11. The molecule has 3 aromatic carbocycles. The number of hydrogen-bond donors (Lipinski definition) is 2. The van der Waals surface area contributed by atoms with E-state index in [2.05, 4.69) is 29.6 Å². The van der Waals surface area contributed by atoms with Crippen LogP contribution in [0.2, 0.25) is 0 Å². The molecule has 0 atom stereocenters. The molecule has 0 unspecified atom stereocenters. The van der Waals surface area contributed by atoms with Crippen molar-refractivity contribution in [3.05, 3.63) is 88.5 Å². The van der Waals surface area contributed by atoms with Gasteiger partial charge in [0.1, 0.15) is 6.61 Å². The van der Waals surface area contributed by atoms with Crippen molar-refractivity contribution in [3.63, 3.8) is 0 Å². The molecule has 0 fully saturated rings. The number of carboxylic acids is 1. The predicted octanol–water partition coefficient (Wildman–Crippen LogP) is 5.62. The Morgan fingerprint density at radius 2 is 1.48 bits per heavy atom. The minimum absolute atomic E-state index is 0.0411. The van der Waals surface area contributed by atoms with Crippen molar-refractivity contribution in [2.45, 2.75) is 31.6 Å². The maximum absolute atomic E-state index is 12.6. The van der Waals surface area contributed by atoms with Gasteiger partial charge in [0.15, 0.2) is 0 Å². The summed E-state index contributed by atoms with van der Waals surface area (Å²) in [6, 6.07) is 19.8. The molecular formula is C26H23NO4. The number of amides is 1. The van der Waals surface area contributed by atoms with Gasteiger partial charge in [0, 0.05) is 5.92 Å². The molecule has 1 amide bonds. The number of nitrogens with one attached hydrogen (secondary N) is 1. The Balaban J connectivity index is 1.35. The van der Waals surface area contributed by atoms with E-state index in [4.69, 9.17) is 4.74 Å². The zero-order valence-electron chi connectivity index (χ0n) is 17.1. The van der Waals surface area contributed by atoms with Gasteiger partial charge < -0.3 is 9.84 Å². The lowest BCUT2D eigenvalue weighted by molar-refractivity contribution is 0.0698. The summed E-state index contributed by atoms with van der Waals surface area (Å²) in [6.45, 7) is 0.188. The van der Waals surface area contributed by atoms with Crippen LogP contribution < -0.4 is 5.32 Å². The number of ether oxygens (including phenoxy) is 1. The minimum Gasteiger partial charge on any atom is -0.478 e. The van der Waals surface area contributed by atoms with Crippen LogP contribution in [-0.4, -0.2) is 23.8 Å². The van der Waals surface area contributed by atoms with E-state index in [1.54, 1.807) is 12.1 Å². The number of anilines is 1. The molecular weight excluding hydrogens is 390 g/mol. The molecule has 2 aliphatic rings. The fourth-order valence-electron chi connectivity index (χ4n) is 4.81. The van der Waals surface area contributed by atoms with Crippen molar-refractivity contribution in [1.29, 1.82) is 0 Å². The van der Waals surface area contributed by atoms with Gasteiger partial charge in [0.25, 0.3) is 0 Å². The highest BCUT2D eigenvalue weighted by atomic mass is 16.5. The Morgan fingerprint density at radius 1 is 0.903 bits per heavy atom. The second-order valence-electron chi connectivity index (χ2n) is 8.13. The summed E-state index contributed by atoms with van der Waals surface area (Å²) in [4.78, 5) is 24.3. The van der Waals surface area contributed by atoms with E-state index in [-0.39, 0.29) is 18.1 Å². The maximum Gasteiger partial charge on any atom is 0.411 e. The molecule has 5 nitrogen and oxygen atoms in total. The van der Waals surface area contributed by atoms with Crippen molar-refractivity contribution in [2.24, 2.45) is 0 Å². The molecule has 2 N–H and O–H groups in total. The van der Waals surface area contributed by atoms with Gasteiger partial charge >= 0.3 is 12.1 Å². The molecule has 0 aliphatic heterocycles. The van der Waals surface area contributed by atoms with Crippen LogP contribution in [0.15, 0.2) is 60.7 Å². The van der Waals surface area contributed by atoms with Crippen molar-refractivity contribution in [1.82, 2.24) is 0 Å². The van der Waals surface area contributed by atoms with E-state index in [0.29, 0.717) is 5.69 Å². The number of rotatable bonds is 4. The summed E-state index contributed by atoms with van der Waals surface area (Å²) in [5.74, 6) is -1.09. The Morgan fingerprint density at radius 3 is 2.10 bits per heavy atom. The first kappa shape index (κ1) is 19.4. The fourth-order valence-corrected chi connectivity index (χ4v) is 4.81. The van der Waals surface area contributed by atoms with Crippen LogP contribution in [-0.2, 0) is 17.6 Å². The Hall–Kier alpha value is -3.60. The van der Waals surface area contributed by atoms with Crippen molar-refractivity contribution >= 4 is 17.7 Å². The van der Waals surface area contributed by atoms with Crippen molar-refractivity contribution < 1.29 is 19.4 Å². The molecule has 3 aromatic rings. The van der Waals surface area contributed by atoms with Gasteiger partial charge in [0.2, 0.25) is 0 Å². The van der Waals surface area contributed by atoms with Gasteiger partial charge in [-0.2, -0.15) is 0 Å². The van der Waals surface area contributed by atoms with Crippen LogP contribution in [0.1, 0.15) is 51.4 Å². The van der Waals surface area contributed by atoms with Gasteiger partial charge in [-0.05, 0) is 71.2 Å². The molecule has 0 aromatic heterocycles. The van der Waals surface area contributed by atoms with Gasteiger partial charge in [-0.25, -0.2) is 9.59 Å². The van der Waals surface area contributed by atoms with Crippen LogP contribution in [0.4, 0.5) is 10.5 Å². The molecule has 0 radical (unpaired) electrons. The summed E-state index contributed by atoms with van der Waals surface area (Å²) in [5, 5.41) is 12.3. The van der Waals surface area contributed by atoms with Crippen LogP contribution in [0.3, 0.4) is 0 Å². The highest BCUT2D eigenvalue weighted by Crippen LogP contribution is 2.44. The predicted molar refractivity (Wildman–Crippen MR) is 119 cm³/mol. The maximum atomic E-state index is 12.6. The van der Waals surface area contributed by atoms with Gasteiger partial charge in [-0.15, -0.1) is 0 Å². The van der Waals surface area contributed by atoms with Gasteiger partial charge in [-0.1, -0.05) is 48.5 Å². The molecule has 156 valence electrons. The quantitative estimate of drug-likeness (QED) is 0.582. The second-order valence-corrected chi connectivity index (χ2v) is 8.13. The first-order valence-electron chi connectivity index (χ1n) is 10.6. The average molecular weight is 413 g/mol. The standard InChI is InChI=1S/C26H23NO4/c28-25(29)22-13-16-7-1-2-8-17(16)14-24(22)27-26(30)31-15-23-20-11-5-3-9-18(20)19-10-4-6-12-21(19)23/h3-6,9-14,23H,1-2,7-8,15H2,(H,27,30)(H,28,29). The van der Waals surface area contributed by atoms with Crippen molar-refractivity contribution in [2.75, 3.05) is 11.9 Å². The largest absolute Gasteiger partial charge is 0.478 e. The van der Waals surface area contributed by atoms with Gasteiger partial charge in [-0.3, -0.25) is 5.32 Å². The van der Waals surface area contributed by atoms with Crippen LogP contribution in [0, 0.1) is 0 Å². The van der Waals surface area contributed by atoms with Crippen LogP contribution >= 0.6 is 0 Å². The minimum atomic E-state index is -1.05. The first-order chi connectivity index (χ1) is 15.1. The van der Waals surface area contributed by atoms with E-state index >= 15 is 0 Å². The monoisotopic (exact) mass is 413 g/mol. The van der Waals surface area contributed by atoms with E-state index in [1.807, 2.05) is 24.3 Å². The Bertz CT molecular complexity index is 1140. The normalized spacial score (nSPS) is 14.3. The third-order valence-electron chi connectivity index (χ3n) is 6.29. The third kappa shape index (κ3) is 3.56. The molecule has 0 saturated carbocycles. The topological polar surface area (TPSA) is 75.6 Å². The zero-order valence-corrected chi connectivity index (χ0v) is 17.1. The lowest BCUT2D eigenvalue weighted by atomic mass is 9.89. The molecule has 5 heteroatoms. The van der Waals surface area contributed by atoms with E-state index in [1.165, 1.54) is 0 Å². The molecule has 0 saturated heterocycles. The van der Waals surface area contributed by atoms with E-state index < -0.39 is 12.1 Å². The number of benzene rings is 3. The summed E-state index contributed by atoms with van der Waals surface area (Å²) < 4.78 is 5.58. The number of carbonyl (C=O) groups is 2. The van der Waals surface area contributed by atoms with Crippen LogP contribution in [0.5, 0.6) is 0 Å². The second kappa shape index (κ2) is 7.91. The highest BCUT2D eigenvalue weighted by molar-refractivity contribution is 5.99. The molecule has 5 rings (SSSR count). The Labute approximate surface area is 180 Å². The van der Waals surface area contributed by atoms with E-state index in [9.17, 15) is 14.7 Å². The zero-order chi connectivity index (χ0) is 21.4. The lowest BCUT2D eigenvalue weighted by Gasteiger charge is -2.19. The number of carbonyl (C=O) groups excluding carboxylic acids is 1. The summed E-state index contributed by atoms with van der Waals surface area (Å²) in [6.07, 6.45) is 3.27. The molecule has 0 bridgehead atoms. The van der Waals surface area contributed by atoms with Crippen molar-refractivity contribution in [3.8, 4) is 11.1 Å². The Kier molecular flexibility index (Phi) is 4.94. The van der Waals surface area contributed by atoms with Crippen LogP contribution in [0.25, 0.3) is 11.1 Å². The fraction of sp³-hybridized carbons (Fsp3) is 0.231.